The van der Waals surface area contributed by atoms with E-state index in [1.54, 1.807) is 6.92 Å². The molecule has 0 heterocycles. The van der Waals surface area contributed by atoms with Gasteiger partial charge in [-0.05, 0) is 50.3 Å². The Morgan fingerprint density at radius 2 is 1.78 bits per heavy atom. The second kappa shape index (κ2) is 9.09. The average molecular weight is 273 g/mol. The van der Waals surface area contributed by atoms with Gasteiger partial charge >= 0.3 is 0 Å². The van der Waals surface area contributed by atoms with Crippen LogP contribution in [0, 0.1) is 12.7 Å². The van der Waals surface area contributed by atoms with Crippen molar-refractivity contribution >= 4 is 17.4 Å². The van der Waals surface area contributed by atoms with Crippen LogP contribution < -0.4 is 0 Å². The van der Waals surface area contributed by atoms with E-state index < -0.39 is 0 Å². The zero-order valence-corrected chi connectivity index (χ0v) is 12.4. The van der Waals surface area contributed by atoms with Crippen LogP contribution in [0.1, 0.15) is 50.3 Å². The van der Waals surface area contributed by atoms with Crippen LogP contribution in [0.2, 0.25) is 0 Å². The molecule has 0 amide bonds. The second-order valence-corrected chi connectivity index (χ2v) is 4.74. The smallest absolute Gasteiger partial charge is 0.129 e. The number of ketones is 1. The molecule has 0 spiro atoms. The molecule has 1 rings (SSSR count). The molecule has 0 aromatic heterocycles. The minimum Gasteiger partial charge on any atom is -0.300 e. The Hall–Kier alpha value is -0.890. The summed E-state index contributed by atoms with van der Waals surface area (Å²) in [4.78, 5) is 9.44. The van der Waals surface area contributed by atoms with E-state index in [0.717, 1.165) is 30.4 Å². The minimum absolute atomic E-state index is 0.0726. The van der Waals surface area contributed by atoms with E-state index in [1.165, 1.54) is 13.8 Å². The Balaban J connectivity index is 0.000000631. The lowest BCUT2D eigenvalue weighted by atomic mass is 10.0. The molecule has 0 bridgehead atoms. The first kappa shape index (κ1) is 17.1. The van der Waals surface area contributed by atoms with Gasteiger partial charge in [0.1, 0.15) is 11.6 Å². The molecule has 0 aliphatic carbocycles. The van der Waals surface area contributed by atoms with Gasteiger partial charge in [0, 0.05) is 5.88 Å². The van der Waals surface area contributed by atoms with Gasteiger partial charge in [-0.1, -0.05) is 25.5 Å². The molecule has 0 saturated heterocycles. The van der Waals surface area contributed by atoms with Gasteiger partial charge in [0.2, 0.25) is 0 Å². The minimum atomic E-state index is -0.0726. The van der Waals surface area contributed by atoms with Crippen LogP contribution in [-0.2, 0) is 17.1 Å². The van der Waals surface area contributed by atoms with Gasteiger partial charge in [-0.15, -0.1) is 11.6 Å². The van der Waals surface area contributed by atoms with Crippen molar-refractivity contribution in [1.29, 1.82) is 0 Å². The van der Waals surface area contributed by atoms with Gasteiger partial charge in [-0.25, -0.2) is 4.39 Å². The highest BCUT2D eigenvalue weighted by atomic mass is 35.5. The Kier molecular flexibility index (Phi) is 8.65. The summed E-state index contributed by atoms with van der Waals surface area (Å²) < 4.78 is 13.7. The number of halogens is 2. The number of hydrogen-bond donors (Lipinski definition) is 0. The molecule has 0 N–H and O–H groups in total. The van der Waals surface area contributed by atoms with Gasteiger partial charge < -0.3 is 4.79 Å². The molecule has 1 aromatic carbocycles. The summed E-state index contributed by atoms with van der Waals surface area (Å²) >= 11 is 5.69. The quantitative estimate of drug-likeness (QED) is 0.719. The van der Waals surface area contributed by atoms with Gasteiger partial charge in [0.15, 0.2) is 0 Å². The highest BCUT2D eigenvalue weighted by Gasteiger charge is 2.08. The monoisotopic (exact) mass is 272 g/mol. The van der Waals surface area contributed by atoms with E-state index in [4.69, 9.17) is 11.6 Å². The van der Waals surface area contributed by atoms with Crippen molar-refractivity contribution in [1.82, 2.24) is 0 Å². The molecule has 0 fully saturated rings. The van der Waals surface area contributed by atoms with E-state index in [1.807, 2.05) is 12.1 Å². The first-order valence-corrected chi connectivity index (χ1v) is 6.77. The van der Waals surface area contributed by atoms with Gasteiger partial charge in [0.25, 0.3) is 0 Å². The fraction of sp³-hybridized carbons (Fsp3) is 0.533. The number of hydrogen-bond acceptors (Lipinski definition) is 1. The molecule has 0 aliphatic rings. The van der Waals surface area contributed by atoms with E-state index in [0.29, 0.717) is 11.4 Å². The van der Waals surface area contributed by atoms with Crippen molar-refractivity contribution in [2.75, 3.05) is 0 Å². The number of benzene rings is 1. The van der Waals surface area contributed by atoms with Crippen LogP contribution in [0.5, 0.6) is 0 Å². The van der Waals surface area contributed by atoms with Crippen molar-refractivity contribution in [3.63, 3.8) is 0 Å². The number of unbranched alkanes of at least 4 members (excludes halogenated alkanes) is 1. The molecule has 1 aromatic rings. The van der Waals surface area contributed by atoms with E-state index in [9.17, 15) is 9.18 Å². The van der Waals surface area contributed by atoms with Gasteiger partial charge in [-0.2, -0.15) is 0 Å². The first-order valence-electron chi connectivity index (χ1n) is 6.24. The molecule has 18 heavy (non-hydrogen) atoms. The van der Waals surface area contributed by atoms with Crippen molar-refractivity contribution < 1.29 is 9.18 Å². The van der Waals surface area contributed by atoms with Crippen LogP contribution in [0.25, 0.3) is 0 Å². The zero-order chi connectivity index (χ0) is 14.1. The van der Waals surface area contributed by atoms with E-state index >= 15 is 0 Å². The third kappa shape index (κ3) is 6.15. The fourth-order valence-corrected chi connectivity index (χ4v) is 1.78. The Labute approximate surface area is 114 Å². The van der Waals surface area contributed by atoms with Crippen LogP contribution in [-0.4, -0.2) is 5.78 Å². The Bertz CT molecular complexity index is 384. The first-order chi connectivity index (χ1) is 8.43. The van der Waals surface area contributed by atoms with Crippen LogP contribution in [0.3, 0.4) is 0 Å². The second-order valence-electron chi connectivity index (χ2n) is 4.47. The lowest BCUT2D eigenvalue weighted by molar-refractivity contribution is -0.114. The number of Topliss-reactive ketones (excluding diaryl/α,β-unsaturated/α-hetero) is 1. The Morgan fingerprint density at radius 1 is 1.28 bits per heavy atom. The molecule has 3 heteroatoms. The topological polar surface area (TPSA) is 17.1 Å². The van der Waals surface area contributed by atoms with Crippen LogP contribution >= 0.6 is 11.6 Å². The van der Waals surface area contributed by atoms with Crippen LogP contribution in [0.4, 0.5) is 4.39 Å². The SMILES string of the molecule is CC(C)=O.CCCCc1ccc(CCl)c(C)c1F. The molecule has 102 valence electrons. The summed E-state index contributed by atoms with van der Waals surface area (Å²) in [6, 6.07) is 3.78. The largest absolute Gasteiger partial charge is 0.300 e. The van der Waals surface area contributed by atoms with Gasteiger partial charge in [0.05, 0.1) is 0 Å². The number of carbonyl (C=O) groups excluding carboxylic acids is 1. The summed E-state index contributed by atoms with van der Waals surface area (Å²) in [6.07, 6.45) is 2.96. The molecule has 0 atom stereocenters. The molecule has 0 saturated carbocycles. The zero-order valence-electron chi connectivity index (χ0n) is 11.6. The molecule has 0 aliphatic heterocycles. The normalized spacial score (nSPS) is 9.67. The summed E-state index contributed by atoms with van der Waals surface area (Å²) in [5.41, 5.74) is 2.41. The number of carbonyl (C=O) groups is 1. The highest BCUT2D eigenvalue weighted by Crippen LogP contribution is 2.20. The number of alkyl halides is 1. The highest BCUT2D eigenvalue weighted by molar-refractivity contribution is 6.17. The third-order valence-corrected chi connectivity index (χ3v) is 2.81. The van der Waals surface area contributed by atoms with E-state index in [2.05, 4.69) is 6.92 Å². The van der Waals surface area contributed by atoms with Crippen molar-refractivity contribution in [2.45, 2.75) is 52.8 Å². The van der Waals surface area contributed by atoms with Gasteiger partial charge in [-0.3, -0.25) is 0 Å². The third-order valence-electron chi connectivity index (χ3n) is 2.52. The standard InChI is InChI=1S/C12H16ClF.C3H6O/c1-3-4-5-10-6-7-11(8-13)9(2)12(10)14;1-3(2)4/h6-7H,3-5,8H2,1-2H3;1-2H3. The Morgan fingerprint density at radius 3 is 2.22 bits per heavy atom. The van der Waals surface area contributed by atoms with Crippen LogP contribution in [0.15, 0.2) is 12.1 Å². The molecular formula is C15H22ClFO. The maximum absolute atomic E-state index is 13.7. The fourth-order valence-electron chi connectivity index (χ4n) is 1.49. The maximum atomic E-state index is 13.7. The molecular weight excluding hydrogens is 251 g/mol. The lowest BCUT2D eigenvalue weighted by Gasteiger charge is -2.08. The van der Waals surface area contributed by atoms with Crippen molar-refractivity contribution in [2.24, 2.45) is 0 Å². The van der Waals surface area contributed by atoms with Crippen molar-refractivity contribution in [3.05, 3.63) is 34.6 Å². The average Bonchev–Trinajstić information content (AvgIpc) is 2.30. The predicted octanol–water partition coefficient (Wildman–Crippen LogP) is 4.81. The number of aryl methyl sites for hydroxylation is 1. The number of rotatable bonds is 4. The summed E-state index contributed by atoms with van der Waals surface area (Å²) in [5, 5.41) is 0. The van der Waals surface area contributed by atoms with E-state index in [-0.39, 0.29) is 11.6 Å². The summed E-state index contributed by atoms with van der Waals surface area (Å²) in [7, 11) is 0. The lowest BCUT2D eigenvalue weighted by Crippen LogP contribution is -1.97. The summed E-state index contributed by atoms with van der Waals surface area (Å²) in [5.74, 6) is 0.480. The van der Waals surface area contributed by atoms with Crippen molar-refractivity contribution in [3.8, 4) is 0 Å². The predicted molar refractivity (Wildman–Crippen MR) is 75.7 cm³/mol. The molecule has 0 unspecified atom stereocenters. The maximum Gasteiger partial charge on any atom is 0.129 e. The molecule has 1 nitrogen and oxygen atoms in total. The summed E-state index contributed by atoms with van der Waals surface area (Å²) in [6.45, 7) is 6.96. The molecule has 0 radical (unpaired) electrons.